The Hall–Kier alpha value is -2.64. The Bertz CT molecular complexity index is 1170. The Balaban J connectivity index is 1.47. The third-order valence-corrected chi connectivity index (χ3v) is 8.06. The number of nitrogens with one attached hydrogen (secondary N) is 1. The summed E-state index contributed by atoms with van der Waals surface area (Å²) >= 11 is 1.67. The summed E-state index contributed by atoms with van der Waals surface area (Å²) < 4.78 is 2.11. The lowest BCUT2D eigenvalue weighted by molar-refractivity contribution is -0.136. The van der Waals surface area contributed by atoms with Crippen LogP contribution >= 0.6 is 11.9 Å². The third kappa shape index (κ3) is 10.8. The van der Waals surface area contributed by atoms with Gasteiger partial charge in [0.05, 0.1) is 6.10 Å². The molecule has 0 heterocycles. The highest BCUT2D eigenvalue weighted by molar-refractivity contribution is 7.97. The Morgan fingerprint density at radius 1 is 0.974 bits per heavy atom. The minimum absolute atomic E-state index is 0.0266. The maximum Gasteiger partial charge on any atom is 0.303 e. The topological polar surface area (TPSA) is 72.8 Å². The molecule has 0 saturated heterocycles. The first kappa shape index (κ1) is 30.9. The van der Waals surface area contributed by atoms with Crippen LogP contribution in [0.1, 0.15) is 56.7 Å². The SMILES string of the molecule is CCc1cc(-c2ccc(CCC(=O)O)cc2)ccc1SN(C)C[C@H](O)CNC(C)(C)CCCc1ccccc1. The number of aliphatic carboxylic acids is 1. The van der Waals surface area contributed by atoms with Crippen molar-refractivity contribution in [1.29, 1.82) is 0 Å². The smallest absolute Gasteiger partial charge is 0.303 e. The summed E-state index contributed by atoms with van der Waals surface area (Å²) in [6.45, 7) is 7.71. The summed E-state index contributed by atoms with van der Waals surface area (Å²) in [5.74, 6) is -0.771. The molecule has 0 radical (unpaired) electrons. The Morgan fingerprint density at radius 3 is 2.31 bits per heavy atom. The van der Waals surface area contributed by atoms with Crippen LogP contribution in [0.4, 0.5) is 0 Å². The second-order valence-electron chi connectivity index (χ2n) is 10.9. The van der Waals surface area contributed by atoms with Gasteiger partial charge in [0.2, 0.25) is 0 Å². The molecule has 0 bridgehead atoms. The molecule has 0 aliphatic rings. The van der Waals surface area contributed by atoms with Gasteiger partial charge in [-0.3, -0.25) is 4.79 Å². The van der Waals surface area contributed by atoms with Crippen molar-refractivity contribution in [2.75, 3.05) is 20.1 Å². The number of β-amino-alcohol motifs (C(OH)–C–C–N with tert-alkyl or cyclic N) is 1. The van der Waals surface area contributed by atoms with Crippen LogP contribution in [0.15, 0.2) is 77.7 Å². The van der Waals surface area contributed by atoms with E-state index in [-0.39, 0.29) is 12.0 Å². The van der Waals surface area contributed by atoms with E-state index in [9.17, 15) is 9.90 Å². The monoisotopic (exact) mass is 548 g/mol. The second-order valence-corrected chi connectivity index (χ2v) is 12.2. The third-order valence-electron chi connectivity index (χ3n) is 7.00. The molecular formula is C33H44N2O3S. The van der Waals surface area contributed by atoms with Crippen LogP contribution < -0.4 is 5.32 Å². The summed E-state index contributed by atoms with van der Waals surface area (Å²) in [7, 11) is 2.03. The van der Waals surface area contributed by atoms with Gasteiger partial charge < -0.3 is 15.5 Å². The van der Waals surface area contributed by atoms with Gasteiger partial charge in [0.25, 0.3) is 0 Å². The number of benzene rings is 3. The van der Waals surface area contributed by atoms with Crippen LogP contribution in [0.3, 0.4) is 0 Å². The highest BCUT2D eigenvalue weighted by Crippen LogP contribution is 2.30. The van der Waals surface area contributed by atoms with E-state index in [1.54, 1.807) is 11.9 Å². The average molecular weight is 549 g/mol. The van der Waals surface area contributed by atoms with E-state index in [2.05, 4.69) is 91.1 Å². The van der Waals surface area contributed by atoms with Crippen molar-refractivity contribution in [2.24, 2.45) is 0 Å². The molecule has 0 amide bonds. The standard InChI is InChI=1S/C33H44N2O3S/c1-5-27-22-29(28-16-13-26(14-17-28)15-20-32(37)38)18-19-31(27)39-35(4)24-30(36)23-34-33(2,3)21-9-12-25-10-7-6-8-11-25/h6-8,10-11,13-14,16-19,22,30,34,36H,5,9,12,15,20-21,23-24H2,1-4H3,(H,37,38)/t30-/m1/s1. The number of hydrogen-bond acceptors (Lipinski definition) is 5. The van der Waals surface area contributed by atoms with E-state index >= 15 is 0 Å². The molecule has 0 aliphatic heterocycles. The van der Waals surface area contributed by atoms with E-state index in [1.807, 2.05) is 19.2 Å². The number of rotatable bonds is 16. The van der Waals surface area contributed by atoms with Gasteiger partial charge in [-0.15, -0.1) is 0 Å². The molecule has 39 heavy (non-hydrogen) atoms. The first-order valence-electron chi connectivity index (χ1n) is 14.0. The Kier molecular flexibility index (Phi) is 12.1. The lowest BCUT2D eigenvalue weighted by Crippen LogP contribution is -2.45. The highest BCUT2D eigenvalue weighted by Gasteiger charge is 2.19. The van der Waals surface area contributed by atoms with Gasteiger partial charge in [0, 0.05) is 29.9 Å². The van der Waals surface area contributed by atoms with Crippen LogP contribution in [0, 0.1) is 0 Å². The zero-order chi connectivity index (χ0) is 28.3. The number of carboxylic acids is 1. The fraction of sp³-hybridized carbons (Fsp3) is 0.424. The molecule has 1 atom stereocenters. The van der Waals surface area contributed by atoms with Crippen molar-refractivity contribution in [3.05, 3.63) is 89.5 Å². The largest absolute Gasteiger partial charge is 0.481 e. The number of hydrogen-bond donors (Lipinski definition) is 3. The molecule has 6 heteroatoms. The second kappa shape index (κ2) is 15.2. The molecule has 0 aromatic heterocycles. The molecule has 0 aliphatic carbocycles. The zero-order valence-electron chi connectivity index (χ0n) is 23.8. The molecule has 210 valence electrons. The molecule has 0 unspecified atom stereocenters. The summed E-state index contributed by atoms with van der Waals surface area (Å²) in [4.78, 5) is 12.0. The van der Waals surface area contributed by atoms with E-state index in [0.717, 1.165) is 42.4 Å². The maximum absolute atomic E-state index is 10.8. The van der Waals surface area contributed by atoms with Crippen molar-refractivity contribution in [2.45, 2.75) is 75.8 Å². The van der Waals surface area contributed by atoms with Gasteiger partial charge >= 0.3 is 5.97 Å². The summed E-state index contributed by atoms with van der Waals surface area (Å²) in [6.07, 6.45) is 4.39. The van der Waals surface area contributed by atoms with Crippen molar-refractivity contribution in [1.82, 2.24) is 9.62 Å². The van der Waals surface area contributed by atoms with Crippen LogP contribution in [0.5, 0.6) is 0 Å². The van der Waals surface area contributed by atoms with E-state index in [0.29, 0.717) is 19.5 Å². The highest BCUT2D eigenvalue weighted by atomic mass is 32.2. The fourth-order valence-electron chi connectivity index (χ4n) is 4.67. The molecule has 0 spiro atoms. The lowest BCUT2D eigenvalue weighted by Gasteiger charge is -2.29. The number of carbonyl (C=O) groups is 1. The summed E-state index contributed by atoms with van der Waals surface area (Å²) in [5.41, 5.74) is 5.93. The number of nitrogens with zero attached hydrogens (tertiary/aromatic N) is 1. The summed E-state index contributed by atoms with van der Waals surface area (Å²) in [5, 5.41) is 23.2. The van der Waals surface area contributed by atoms with Gasteiger partial charge in [-0.25, -0.2) is 4.31 Å². The van der Waals surface area contributed by atoms with Crippen molar-refractivity contribution in [3.63, 3.8) is 0 Å². The van der Waals surface area contributed by atoms with Crippen molar-refractivity contribution < 1.29 is 15.0 Å². The maximum atomic E-state index is 10.8. The summed E-state index contributed by atoms with van der Waals surface area (Å²) in [6, 6.07) is 25.3. The fourth-order valence-corrected chi connectivity index (χ4v) is 5.70. The first-order chi connectivity index (χ1) is 18.6. The van der Waals surface area contributed by atoms with Crippen LogP contribution in [-0.4, -0.2) is 52.3 Å². The van der Waals surface area contributed by atoms with Gasteiger partial charge in [0.1, 0.15) is 0 Å². The average Bonchev–Trinajstić information content (AvgIpc) is 2.92. The van der Waals surface area contributed by atoms with Crippen LogP contribution in [0.2, 0.25) is 0 Å². The first-order valence-corrected chi connectivity index (χ1v) is 14.7. The molecule has 0 saturated carbocycles. The van der Waals surface area contributed by atoms with Crippen LogP contribution in [0.25, 0.3) is 11.1 Å². The van der Waals surface area contributed by atoms with Crippen molar-refractivity contribution >= 4 is 17.9 Å². The molecule has 3 aromatic rings. The Labute approximate surface area is 238 Å². The van der Waals surface area contributed by atoms with Gasteiger partial charge in [-0.1, -0.05) is 73.7 Å². The molecular weight excluding hydrogens is 504 g/mol. The molecule has 0 fully saturated rings. The zero-order valence-corrected chi connectivity index (χ0v) is 24.6. The number of aliphatic hydroxyl groups is 1. The lowest BCUT2D eigenvalue weighted by atomic mass is 9.95. The molecule has 5 nitrogen and oxygen atoms in total. The number of aliphatic hydroxyl groups excluding tert-OH is 1. The molecule has 3 N–H and O–H groups in total. The van der Waals surface area contributed by atoms with Gasteiger partial charge in [0.15, 0.2) is 0 Å². The molecule has 3 rings (SSSR count). The normalized spacial score (nSPS) is 12.6. The van der Waals surface area contributed by atoms with Crippen molar-refractivity contribution in [3.8, 4) is 11.1 Å². The minimum Gasteiger partial charge on any atom is -0.481 e. The van der Waals surface area contributed by atoms with E-state index in [4.69, 9.17) is 5.11 Å². The van der Waals surface area contributed by atoms with Crippen LogP contribution in [-0.2, 0) is 24.1 Å². The minimum atomic E-state index is -0.771. The van der Waals surface area contributed by atoms with Gasteiger partial charge in [-0.05, 0) is 98.8 Å². The Morgan fingerprint density at radius 2 is 1.64 bits per heavy atom. The van der Waals surface area contributed by atoms with E-state index in [1.165, 1.54) is 16.0 Å². The number of likely N-dealkylation sites (N-methyl/N-ethyl adjacent to an activating group) is 1. The number of carboxylic acid groups (broad SMARTS) is 1. The molecule has 3 aromatic carbocycles. The van der Waals surface area contributed by atoms with Gasteiger partial charge in [-0.2, -0.15) is 0 Å². The van der Waals surface area contributed by atoms with E-state index < -0.39 is 12.1 Å². The number of aryl methyl sites for hydroxylation is 3. The quantitative estimate of drug-likeness (QED) is 0.175. The predicted molar refractivity (Wildman–Crippen MR) is 163 cm³/mol. The predicted octanol–water partition coefficient (Wildman–Crippen LogP) is 6.62.